The summed E-state index contributed by atoms with van der Waals surface area (Å²) < 4.78 is 28.3. The topological polar surface area (TPSA) is 79.4 Å². The molecule has 1 aromatic heterocycles. The van der Waals surface area contributed by atoms with Crippen molar-refractivity contribution < 1.29 is 13.2 Å². The van der Waals surface area contributed by atoms with E-state index in [4.69, 9.17) is 0 Å². The lowest BCUT2D eigenvalue weighted by molar-refractivity contribution is -0.120. The Bertz CT molecular complexity index is 1190. The first kappa shape index (κ1) is 21.9. The molecule has 4 rings (SSSR count). The van der Waals surface area contributed by atoms with E-state index in [0.29, 0.717) is 41.9 Å². The maximum absolute atomic E-state index is 12.9. The smallest absolute Gasteiger partial charge is 0.243 e. The average molecular weight is 458 g/mol. The quantitative estimate of drug-likeness (QED) is 0.599. The SMILES string of the molecule is Cc1ccc(S(=O)(=O)N2CCC(C(=O)Nc3nc4ccc(C(C)C)cc4s3)CC2)cc1. The predicted octanol–water partition coefficient (Wildman–Crippen LogP) is 4.77. The molecular weight excluding hydrogens is 430 g/mol. The molecule has 0 spiro atoms. The number of aryl methyl sites for hydroxylation is 1. The van der Waals surface area contributed by atoms with Crippen LogP contribution in [0.5, 0.6) is 0 Å². The van der Waals surface area contributed by atoms with Crippen LogP contribution in [0.2, 0.25) is 0 Å². The molecule has 1 aliphatic rings. The van der Waals surface area contributed by atoms with Crippen LogP contribution in [0, 0.1) is 12.8 Å². The number of hydrogen-bond donors (Lipinski definition) is 1. The monoisotopic (exact) mass is 457 g/mol. The highest BCUT2D eigenvalue weighted by atomic mass is 32.2. The van der Waals surface area contributed by atoms with Crippen molar-refractivity contribution in [3.05, 3.63) is 53.6 Å². The molecule has 2 aromatic carbocycles. The molecule has 1 fully saturated rings. The standard InChI is InChI=1S/C23H27N3O3S2/c1-15(2)18-6-9-20-21(14-18)30-23(24-20)25-22(27)17-10-12-26(13-11-17)31(28,29)19-7-4-16(3)5-8-19/h4-9,14-15,17H,10-13H2,1-3H3,(H,24,25,27). The van der Waals surface area contributed by atoms with E-state index in [0.717, 1.165) is 15.8 Å². The fourth-order valence-electron chi connectivity index (χ4n) is 3.78. The molecule has 0 atom stereocenters. The van der Waals surface area contributed by atoms with Gasteiger partial charge in [0.25, 0.3) is 0 Å². The molecule has 8 heteroatoms. The Kier molecular flexibility index (Phi) is 6.14. The number of aromatic nitrogens is 1. The van der Waals surface area contributed by atoms with Crippen LogP contribution in [0.3, 0.4) is 0 Å². The fourth-order valence-corrected chi connectivity index (χ4v) is 6.17. The van der Waals surface area contributed by atoms with Gasteiger partial charge in [-0.2, -0.15) is 4.31 Å². The molecular formula is C23H27N3O3S2. The number of carbonyl (C=O) groups is 1. The number of nitrogens with zero attached hydrogens (tertiary/aromatic N) is 2. The second-order valence-electron chi connectivity index (χ2n) is 8.38. The third-order valence-electron chi connectivity index (χ3n) is 5.79. The zero-order chi connectivity index (χ0) is 22.2. The number of benzene rings is 2. The highest BCUT2D eigenvalue weighted by molar-refractivity contribution is 7.89. The van der Waals surface area contributed by atoms with Crippen molar-refractivity contribution >= 4 is 42.6 Å². The highest BCUT2D eigenvalue weighted by Gasteiger charge is 2.32. The van der Waals surface area contributed by atoms with Gasteiger partial charge in [0.05, 0.1) is 15.1 Å². The largest absolute Gasteiger partial charge is 0.302 e. The van der Waals surface area contributed by atoms with E-state index < -0.39 is 10.0 Å². The third kappa shape index (κ3) is 4.66. The normalized spacial score (nSPS) is 16.1. The van der Waals surface area contributed by atoms with Gasteiger partial charge in [-0.1, -0.05) is 48.9 Å². The van der Waals surface area contributed by atoms with Gasteiger partial charge in [0.1, 0.15) is 0 Å². The summed E-state index contributed by atoms with van der Waals surface area (Å²) in [7, 11) is -3.52. The van der Waals surface area contributed by atoms with E-state index >= 15 is 0 Å². The first-order valence-corrected chi connectivity index (χ1v) is 12.8. The van der Waals surface area contributed by atoms with Crippen molar-refractivity contribution in [2.45, 2.75) is 44.4 Å². The molecule has 0 saturated carbocycles. The van der Waals surface area contributed by atoms with E-state index in [-0.39, 0.29) is 11.8 Å². The summed E-state index contributed by atoms with van der Waals surface area (Å²) in [5, 5.41) is 3.53. The van der Waals surface area contributed by atoms with E-state index in [1.807, 2.05) is 13.0 Å². The summed E-state index contributed by atoms with van der Waals surface area (Å²) >= 11 is 1.48. The number of piperidine rings is 1. The third-order valence-corrected chi connectivity index (χ3v) is 8.64. The van der Waals surface area contributed by atoms with E-state index in [1.54, 1.807) is 24.3 Å². The Morgan fingerprint density at radius 3 is 2.45 bits per heavy atom. The molecule has 1 amide bonds. The maximum Gasteiger partial charge on any atom is 0.243 e. The molecule has 0 unspecified atom stereocenters. The first-order chi connectivity index (χ1) is 14.7. The first-order valence-electron chi connectivity index (χ1n) is 10.5. The lowest BCUT2D eigenvalue weighted by atomic mass is 9.97. The number of nitrogens with one attached hydrogen (secondary N) is 1. The molecule has 2 heterocycles. The van der Waals surface area contributed by atoms with Gasteiger partial charge >= 0.3 is 0 Å². The van der Waals surface area contributed by atoms with Gasteiger partial charge in [-0.05, 0) is 55.5 Å². The van der Waals surface area contributed by atoms with Crippen molar-refractivity contribution in [2.24, 2.45) is 5.92 Å². The van der Waals surface area contributed by atoms with Crippen LogP contribution in [-0.2, 0) is 14.8 Å². The second-order valence-corrected chi connectivity index (χ2v) is 11.4. The summed E-state index contributed by atoms with van der Waals surface area (Å²) in [5.74, 6) is 0.129. The van der Waals surface area contributed by atoms with Crippen LogP contribution < -0.4 is 5.32 Å². The van der Waals surface area contributed by atoms with Crippen LogP contribution >= 0.6 is 11.3 Å². The van der Waals surface area contributed by atoms with Crippen LogP contribution in [-0.4, -0.2) is 36.7 Å². The number of anilines is 1. The van der Waals surface area contributed by atoms with Gasteiger partial charge in [-0.25, -0.2) is 13.4 Å². The molecule has 6 nitrogen and oxygen atoms in total. The minimum absolute atomic E-state index is 0.0875. The van der Waals surface area contributed by atoms with Gasteiger partial charge in [0, 0.05) is 19.0 Å². The minimum atomic E-state index is -3.52. The average Bonchev–Trinajstić information content (AvgIpc) is 3.15. The zero-order valence-corrected chi connectivity index (χ0v) is 19.6. The van der Waals surface area contributed by atoms with E-state index in [9.17, 15) is 13.2 Å². The number of carbonyl (C=O) groups excluding carboxylic acids is 1. The van der Waals surface area contributed by atoms with Crippen LogP contribution in [0.1, 0.15) is 43.7 Å². The summed E-state index contributed by atoms with van der Waals surface area (Å²) in [5.41, 5.74) is 3.14. The molecule has 0 aliphatic carbocycles. The summed E-state index contributed by atoms with van der Waals surface area (Å²) in [6.45, 7) is 6.90. The second kappa shape index (κ2) is 8.68. The molecule has 31 heavy (non-hydrogen) atoms. The number of amides is 1. The number of thiazole rings is 1. The number of hydrogen-bond acceptors (Lipinski definition) is 5. The summed E-state index contributed by atoms with van der Waals surface area (Å²) in [4.78, 5) is 17.6. The summed E-state index contributed by atoms with van der Waals surface area (Å²) in [6.07, 6.45) is 0.999. The maximum atomic E-state index is 12.9. The van der Waals surface area contributed by atoms with Crippen molar-refractivity contribution in [3.8, 4) is 0 Å². The van der Waals surface area contributed by atoms with Gasteiger partial charge in [-0.3, -0.25) is 4.79 Å². The minimum Gasteiger partial charge on any atom is -0.302 e. The highest BCUT2D eigenvalue weighted by Crippen LogP contribution is 2.30. The molecule has 1 saturated heterocycles. The molecule has 1 N–H and O–H groups in total. The van der Waals surface area contributed by atoms with Crippen molar-refractivity contribution in [3.63, 3.8) is 0 Å². The molecule has 164 valence electrons. The predicted molar refractivity (Wildman–Crippen MR) is 125 cm³/mol. The van der Waals surface area contributed by atoms with Crippen molar-refractivity contribution in [1.29, 1.82) is 0 Å². The Morgan fingerprint density at radius 1 is 1.13 bits per heavy atom. The van der Waals surface area contributed by atoms with Gasteiger partial charge in [-0.15, -0.1) is 0 Å². The molecule has 0 radical (unpaired) electrons. The fraction of sp³-hybridized carbons (Fsp3) is 0.391. The zero-order valence-electron chi connectivity index (χ0n) is 18.0. The van der Waals surface area contributed by atoms with Crippen LogP contribution in [0.25, 0.3) is 10.2 Å². The Balaban J connectivity index is 1.39. The van der Waals surface area contributed by atoms with Crippen LogP contribution in [0.15, 0.2) is 47.4 Å². The lowest BCUT2D eigenvalue weighted by Gasteiger charge is -2.30. The molecule has 1 aliphatic heterocycles. The number of sulfonamides is 1. The molecule has 3 aromatic rings. The Morgan fingerprint density at radius 2 is 1.81 bits per heavy atom. The number of rotatable bonds is 5. The van der Waals surface area contributed by atoms with Gasteiger partial charge in [0.2, 0.25) is 15.9 Å². The molecule has 0 bridgehead atoms. The van der Waals surface area contributed by atoms with Gasteiger partial charge < -0.3 is 5.32 Å². The van der Waals surface area contributed by atoms with Crippen molar-refractivity contribution in [2.75, 3.05) is 18.4 Å². The van der Waals surface area contributed by atoms with Crippen molar-refractivity contribution in [1.82, 2.24) is 9.29 Å². The summed E-state index contributed by atoms with van der Waals surface area (Å²) in [6, 6.07) is 13.1. The van der Waals surface area contributed by atoms with E-state index in [1.165, 1.54) is 21.2 Å². The van der Waals surface area contributed by atoms with E-state index in [2.05, 4.69) is 36.3 Å². The van der Waals surface area contributed by atoms with Gasteiger partial charge in [0.15, 0.2) is 5.13 Å². The Labute approximate surface area is 187 Å². The number of fused-ring (bicyclic) bond motifs is 1. The Hall–Kier alpha value is -2.29. The van der Waals surface area contributed by atoms with Crippen LogP contribution in [0.4, 0.5) is 5.13 Å². The lowest BCUT2D eigenvalue weighted by Crippen LogP contribution is -2.41.